The van der Waals surface area contributed by atoms with E-state index in [0.29, 0.717) is 12.2 Å². The zero-order chi connectivity index (χ0) is 22.2. The minimum absolute atomic E-state index is 0.0599. The van der Waals surface area contributed by atoms with Gasteiger partial charge in [0.1, 0.15) is 17.2 Å². The summed E-state index contributed by atoms with van der Waals surface area (Å²) in [5.74, 6) is 1.12. The fourth-order valence-corrected chi connectivity index (χ4v) is 5.24. The van der Waals surface area contributed by atoms with Gasteiger partial charge in [0.2, 0.25) is 0 Å². The van der Waals surface area contributed by atoms with Crippen LogP contribution < -0.4 is 4.90 Å². The Bertz CT molecular complexity index is 1130. The molecule has 1 fully saturated rings. The van der Waals surface area contributed by atoms with E-state index >= 15 is 0 Å². The number of aryl methyl sites for hydroxylation is 1. The van der Waals surface area contributed by atoms with E-state index in [4.69, 9.17) is 9.97 Å². The fraction of sp³-hybridized carbons (Fsp3) is 0.480. The Morgan fingerprint density at radius 2 is 1.97 bits per heavy atom. The van der Waals surface area contributed by atoms with Crippen molar-refractivity contribution in [2.45, 2.75) is 38.8 Å². The zero-order valence-corrected chi connectivity index (χ0v) is 19.3. The molecule has 7 heteroatoms. The van der Waals surface area contributed by atoms with Crippen LogP contribution in [0.3, 0.4) is 0 Å². The van der Waals surface area contributed by atoms with Crippen molar-refractivity contribution in [2.75, 3.05) is 45.2 Å². The van der Waals surface area contributed by atoms with Crippen LogP contribution in [0.5, 0.6) is 0 Å². The summed E-state index contributed by atoms with van der Waals surface area (Å²) >= 11 is 0. The molecule has 0 radical (unpaired) electrons. The summed E-state index contributed by atoms with van der Waals surface area (Å²) in [7, 11) is 4.28. The van der Waals surface area contributed by atoms with Crippen LogP contribution in [0.4, 0.5) is 5.82 Å². The number of Topliss-reactive ketones (excluding diaryl/α,β-unsaturated/α-hetero) is 1. The highest BCUT2D eigenvalue weighted by Crippen LogP contribution is 2.33. The van der Waals surface area contributed by atoms with Gasteiger partial charge >= 0.3 is 0 Å². The molecule has 3 aromatic rings. The van der Waals surface area contributed by atoms with E-state index in [1.807, 2.05) is 18.3 Å². The van der Waals surface area contributed by atoms with E-state index in [9.17, 15) is 4.79 Å². The quantitative estimate of drug-likeness (QED) is 0.577. The number of fused-ring (bicyclic) bond motifs is 2. The van der Waals surface area contributed by atoms with Crippen molar-refractivity contribution in [3.63, 3.8) is 0 Å². The molecule has 0 unspecified atom stereocenters. The van der Waals surface area contributed by atoms with Gasteiger partial charge in [-0.1, -0.05) is 12.1 Å². The second kappa shape index (κ2) is 8.64. The number of pyridine rings is 2. The van der Waals surface area contributed by atoms with Gasteiger partial charge in [-0.15, -0.1) is 0 Å². The molecule has 0 spiro atoms. The van der Waals surface area contributed by atoms with Crippen molar-refractivity contribution in [3.05, 3.63) is 59.2 Å². The molecule has 1 atom stereocenters. The maximum atomic E-state index is 12.9. The van der Waals surface area contributed by atoms with Gasteiger partial charge in [0.05, 0.1) is 17.4 Å². The Kier molecular flexibility index (Phi) is 5.69. The van der Waals surface area contributed by atoms with Crippen LogP contribution in [0, 0.1) is 0 Å². The van der Waals surface area contributed by atoms with Gasteiger partial charge in [0.15, 0.2) is 5.78 Å². The molecule has 1 aliphatic carbocycles. The van der Waals surface area contributed by atoms with E-state index in [1.54, 1.807) is 6.92 Å². The topological polar surface area (TPSA) is 57.0 Å². The lowest BCUT2D eigenvalue weighted by atomic mass is 9.91. The molecule has 4 heterocycles. The molecule has 168 valence electrons. The average Bonchev–Trinajstić information content (AvgIpc) is 3.17. The summed E-state index contributed by atoms with van der Waals surface area (Å²) in [6.45, 7) is 6.22. The molecule has 5 rings (SSSR count). The first-order valence-corrected chi connectivity index (χ1v) is 11.6. The van der Waals surface area contributed by atoms with E-state index < -0.39 is 0 Å². The molecule has 1 aliphatic heterocycles. The van der Waals surface area contributed by atoms with Gasteiger partial charge in [0, 0.05) is 45.8 Å². The molecular formula is C25H32N6O. The van der Waals surface area contributed by atoms with Crippen molar-refractivity contribution >= 4 is 17.2 Å². The minimum atomic E-state index is 0.0599. The summed E-state index contributed by atoms with van der Waals surface area (Å²) in [6, 6.07) is 10.6. The van der Waals surface area contributed by atoms with Crippen molar-refractivity contribution in [3.8, 4) is 0 Å². The van der Waals surface area contributed by atoms with E-state index in [2.05, 4.69) is 51.4 Å². The Hall–Kier alpha value is -2.77. The Balaban J connectivity index is 1.50. The minimum Gasteiger partial charge on any atom is -0.355 e. The SMILES string of the molecule is CC(=O)c1c(CN(C)[C@H]2CCCc3cccnc32)nc2cccc(N3CCN(C)CC3)n12. The van der Waals surface area contributed by atoms with Crippen molar-refractivity contribution < 1.29 is 4.79 Å². The standard InChI is InChI=1S/C25H32N6O/c1-18(32)25-20(17-29(3)21-9-4-7-19-8-6-12-26-24(19)21)27-22-10-5-11-23(31(22)25)30-15-13-28(2)14-16-30/h5-6,8,10-12,21H,4,7,9,13-17H2,1-3H3/t21-/m0/s1. The van der Waals surface area contributed by atoms with Crippen molar-refractivity contribution in [1.29, 1.82) is 0 Å². The lowest BCUT2D eigenvalue weighted by Crippen LogP contribution is -2.45. The first-order valence-electron chi connectivity index (χ1n) is 11.6. The summed E-state index contributed by atoms with van der Waals surface area (Å²) in [4.78, 5) is 29.5. The summed E-state index contributed by atoms with van der Waals surface area (Å²) < 4.78 is 2.07. The number of hydrogen-bond acceptors (Lipinski definition) is 6. The number of carbonyl (C=O) groups excluding carboxylic acids is 1. The van der Waals surface area contributed by atoms with Crippen LogP contribution in [0.1, 0.15) is 53.2 Å². The number of aromatic nitrogens is 3. The molecule has 7 nitrogen and oxygen atoms in total. The second-order valence-electron chi connectivity index (χ2n) is 9.20. The van der Waals surface area contributed by atoms with Gasteiger partial charge in [-0.3, -0.25) is 19.1 Å². The van der Waals surface area contributed by atoms with Gasteiger partial charge in [-0.2, -0.15) is 0 Å². The van der Waals surface area contributed by atoms with Crippen LogP contribution in [-0.2, 0) is 13.0 Å². The molecule has 0 bridgehead atoms. The third-order valence-corrected chi connectivity index (χ3v) is 6.95. The third-order valence-electron chi connectivity index (χ3n) is 6.95. The van der Waals surface area contributed by atoms with Crippen LogP contribution in [0.25, 0.3) is 5.65 Å². The number of ketones is 1. The molecule has 3 aromatic heterocycles. The highest BCUT2D eigenvalue weighted by atomic mass is 16.1. The number of likely N-dealkylation sites (N-methyl/N-ethyl adjacent to an activating group) is 1. The van der Waals surface area contributed by atoms with Crippen LogP contribution in [-0.4, -0.2) is 70.2 Å². The summed E-state index contributed by atoms with van der Waals surface area (Å²) in [5, 5.41) is 0. The molecule has 0 saturated carbocycles. The monoisotopic (exact) mass is 432 g/mol. The molecule has 0 N–H and O–H groups in total. The highest BCUT2D eigenvalue weighted by Gasteiger charge is 2.28. The summed E-state index contributed by atoms with van der Waals surface area (Å²) in [6.07, 6.45) is 5.22. The third kappa shape index (κ3) is 3.80. The number of hydrogen-bond donors (Lipinski definition) is 0. The van der Waals surface area contributed by atoms with Crippen LogP contribution >= 0.6 is 0 Å². The fourth-order valence-electron chi connectivity index (χ4n) is 5.24. The smallest absolute Gasteiger partial charge is 0.178 e. The first kappa shape index (κ1) is 21.1. The van der Waals surface area contributed by atoms with Gasteiger partial charge in [-0.25, -0.2) is 4.98 Å². The van der Waals surface area contributed by atoms with Crippen LogP contribution in [0.2, 0.25) is 0 Å². The van der Waals surface area contributed by atoms with Gasteiger partial charge in [-0.05, 0) is 57.1 Å². The normalized spacial score (nSPS) is 19.5. The Morgan fingerprint density at radius 3 is 2.75 bits per heavy atom. The van der Waals surface area contributed by atoms with Gasteiger partial charge in [0.25, 0.3) is 0 Å². The maximum Gasteiger partial charge on any atom is 0.178 e. The predicted octanol–water partition coefficient (Wildman–Crippen LogP) is 3.19. The number of anilines is 1. The second-order valence-corrected chi connectivity index (χ2v) is 9.20. The van der Waals surface area contributed by atoms with E-state index in [0.717, 1.165) is 62.6 Å². The molecule has 1 saturated heterocycles. The number of carbonyl (C=O) groups is 1. The average molecular weight is 433 g/mol. The molecule has 32 heavy (non-hydrogen) atoms. The van der Waals surface area contributed by atoms with Gasteiger partial charge < -0.3 is 9.80 Å². The summed E-state index contributed by atoms with van der Waals surface area (Å²) in [5.41, 5.74) is 4.92. The Morgan fingerprint density at radius 1 is 1.16 bits per heavy atom. The molecule has 0 aromatic carbocycles. The van der Waals surface area contributed by atoms with E-state index in [-0.39, 0.29) is 11.8 Å². The van der Waals surface area contributed by atoms with E-state index in [1.165, 1.54) is 11.3 Å². The predicted molar refractivity (Wildman–Crippen MR) is 126 cm³/mol. The van der Waals surface area contributed by atoms with Crippen molar-refractivity contribution in [1.82, 2.24) is 24.2 Å². The number of rotatable bonds is 5. The maximum absolute atomic E-state index is 12.9. The highest BCUT2D eigenvalue weighted by molar-refractivity contribution is 5.95. The van der Waals surface area contributed by atoms with Crippen molar-refractivity contribution in [2.24, 2.45) is 0 Å². The zero-order valence-electron chi connectivity index (χ0n) is 19.3. The number of piperazine rings is 1. The number of imidazole rings is 1. The number of nitrogens with zero attached hydrogens (tertiary/aromatic N) is 6. The molecule has 2 aliphatic rings. The lowest BCUT2D eigenvalue weighted by molar-refractivity contribution is 0.100. The Labute approximate surface area is 189 Å². The van der Waals surface area contributed by atoms with Crippen LogP contribution in [0.15, 0.2) is 36.5 Å². The molecular weight excluding hydrogens is 400 g/mol. The largest absolute Gasteiger partial charge is 0.355 e. The lowest BCUT2D eigenvalue weighted by Gasteiger charge is -2.34. The first-order chi connectivity index (χ1) is 15.5. The molecule has 0 amide bonds.